The third-order valence-corrected chi connectivity index (χ3v) is 5.05. The lowest BCUT2D eigenvalue weighted by atomic mass is 9.89. The highest BCUT2D eigenvalue weighted by Crippen LogP contribution is 2.25. The summed E-state index contributed by atoms with van der Waals surface area (Å²) < 4.78 is 4.99. The standard InChI is InChI=1S/C20H29N3O4/c1-6-27-19(26)23-12-10-22(11-13-23)18(25)20(4,5)17(24)21-16-9-7-8-14(2)15(16)3/h7-9H,6,10-13H2,1-5H3,(H,21,24). The second kappa shape index (κ2) is 8.41. The normalized spacial score (nSPS) is 14.7. The van der Waals surface area contributed by atoms with Crippen molar-refractivity contribution in [3.63, 3.8) is 0 Å². The van der Waals surface area contributed by atoms with Crippen LogP contribution in [0.25, 0.3) is 0 Å². The Labute approximate surface area is 160 Å². The number of anilines is 1. The topological polar surface area (TPSA) is 79.0 Å². The molecule has 2 rings (SSSR count). The second-order valence-electron chi connectivity index (χ2n) is 7.30. The van der Waals surface area contributed by atoms with Gasteiger partial charge in [0.2, 0.25) is 11.8 Å². The molecule has 27 heavy (non-hydrogen) atoms. The molecule has 0 aliphatic carbocycles. The first-order chi connectivity index (χ1) is 12.7. The molecule has 148 valence electrons. The van der Waals surface area contributed by atoms with E-state index in [1.165, 1.54) is 0 Å². The molecule has 0 radical (unpaired) electrons. The van der Waals surface area contributed by atoms with Crippen LogP contribution in [-0.2, 0) is 14.3 Å². The molecule has 1 aromatic rings. The van der Waals surface area contributed by atoms with Crippen molar-refractivity contribution in [1.82, 2.24) is 9.80 Å². The van der Waals surface area contributed by atoms with E-state index in [9.17, 15) is 14.4 Å². The third-order valence-electron chi connectivity index (χ3n) is 5.05. The molecule has 0 aromatic heterocycles. The molecule has 0 spiro atoms. The Hall–Kier alpha value is -2.57. The largest absolute Gasteiger partial charge is 0.450 e. The number of nitrogens with one attached hydrogen (secondary N) is 1. The third kappa shape index (κ3) is 4.59. The average molecular weight is 375 g/mol. The van der Waals surface area contributed by atoms with E-state index < -0.39 is 5.41 Å². The fourth-order valence-corrected chi connectivity index (χ4v) is 2.96. The van der Waals surface area contributed by atoms with Gasteiger partial charge in [-0.25, -0.2) is 4.79 Å². The first-order valence-electron chi connectivity index (χ1n) is 9.27. The highest BCUT2D eigenvalue weighted by molar-refractivity contribution is 6.10. The second-order valence-corrected chi connectivity index (χ2v) is 7.30. The Morgan fingerprint density at radius 3 is 2.26 bits per heavy atom. The number of hydrogen-bond acceptors (Lipinski definition) is 4. The van der Waals surface area contributed by atoms with Crippen LogP contribution in [0.1, 0.15) is 31.9 Å². The van der Waals surface area contributed by atoms with E-state index in [-0.39, 0.29) is 17.9 Å². The Kier molecular flexibility index (Phi) is 6.46. The summed E-state index contributed by atoms with van der Waals surface area (Å²) >= 11 is 0. The van der Waals surface area contributed by atoms with Gasteiger partial charge in [0.25, 0.3) is 0 Å². The molecule has 1 fully saturated rings. The number of piperazine rings is 1. The van der Waals surface area contributed by atoms with Crippen molar-refractivity contribution in [2.45, 2.75) is 34.6 Å². The van der Waals surface area contributed by atoms with Gasteiger partial charge in [0.15, 0.2) is 0 Å². The number of ether oxygens (including phenoxy) is 1. The summed E-state index contributed by atoms with van der Waals surface area (Å²) in [5.41, 5.74) is 1.57. The van der Waals surface area contributed by atoms with Gasteiger partial charge in [-0.1, -0.05) is 12.1 Å². The monoisotopic (exact) mass is 375 g/mol. The SMILES string of the molecule is CCOC(=O)N1CCN(C(=O)C(C)(C)C(=O)Nc2cccc(C)c2C)CC1. The molecule has 1 aromatic carbocycles. The van der Waals surface area contributed by atoms with Gasteiger partial charge in [-0.3, -0.25) is 9.59 Å². The minimum Gasteiger partial charge on any atom is -0.450 e. The molecular formula is C20H29N3O4. The molecule has 0 saturated carbocycles. The molecule has 0 atom stereocenters. The Bertz CT molecular complexity index is 722. The van der Waals surface area contributed by atoms with Crippen LogP contribution < -0.4 is 5.32 Å². The first kappa shape index (κ1) is 20.7. The average Bonchev–Trinajstić information content (AvgIpc) is 2.65. The van der Waals surface area contributed by atoms with E-state index in [4.69, 9.17) is 4.74 Å². The Balaban J connectivity index is 2.01. The summed E-state index contributed by atoms with van der Waals surface area (Å²) in [6.07, 6.45) is -0.364. The van der Waals surface area contributed by atoms with Crippen LogP contribution in [0.4, 0.5) is 10.5 Å². The summed E-state index contributed by atoms with van der Waals surface area (Å²) in [7, 11) is 0. The summed E-state index contributed by atoms with van der Waals surface area (Å²) in [5, 5.41) is 2.88. The maximum atomic E-state index is 12.9. The van der Waals surface area contributed by atoms with E-state index in [0.717, 1.165) is 11.1 Å². The summed E-state index contributed by atoms with van der Waals surface area (Å²) in [6, 6.07) is 5.69. The summed E-state index contributed by atoms with van der Waals surface area (Å²) in [5.74, 6) is -0.581. The number of nitrogens with zero attached hydrogens (tertiary/aromatic N) is 2. The van der Waals surface area contributed by atoms with Crippen molar-refractivity contribution >= 4 is 23.6 Å². The molecule has 3 amide bonds. The van der Waals surface area contributed by atoms with Gasteiger partial charge in [0, 0.05) is 31.9 Å². The molecule has 0 bridgehead atoms. The van der Waals surface area contributed by atoms with Crippen molar-refractivity contribution in [3.8, 4) is 0 Å². The zero-order valence-corrected chi connectivity index (χ0v) is 16.8. The maximum absolute atomic E-state index is 12.9. The molecule has 1 heterocycles. The zero-order valence-electron chi connectivity index (χ0n) is 16.8. The van der Waals surface area contributed by atoms with Gasteiger partial charge >= 0.3 is 6.09 Å². The Morgan fingerprint density at radius 2 is 1.67 bits per heavy atom. The van der Waals surface area contributed by atoms with Gasteiger partial charge in [-0.15, -0.1) is 0 Å². The van der Waals surface area contributed by atoms with Gasteiger partial charge in [0.05, 0.1) is 6.61 Å². The van der Waals surface area contributed by atoms with E-state index in [2.05, 4.69) is 5.32 Å². The lowest BCUT2D eigenvalue weighted by Crippen LogP contribution is -2.55. The van der Waals surface area contributed by atoms with Crippen molar-refractivity contribution in [3.05, 3.63) is 29.3 Å². The number of benzene rings is 1. The van der Waals surface area contributed by atoms with Crippen LogP contribution in [0, 0.1) is 19.3 Å². The van der Waals surface area contributed by atoms with Gasteiger partial charge in [-0.2, -0.15) is 0 Å². The quantitative estimate of drug-likeness (QED) is 0.821. The molecule has 1 N–H and O–H groups in total. The fourth-order valence-electron chi connectivity index (χ4n) is 2.96. The maximum Gasteiger partial charge on any atom is 0.409 e. The van der Waals surface area contributed by atoms with Crippen LogP contribution >= 0.6 is 0 Å². The van der Waals surface area contributed by atoms with Crippen LogP contribution in [0.2, 0.25) is 0 Å². The van der Waals surface area contributed by atoms with E-state index in [0.29, 0.717) is 38.5 Å². The molecule has 7 heteroatoms. The van der Waals surface area contributed by atoms with E-state index in [1.54, 1.807) is 30.6 Å². The highest BCUT2D eigenvalue weighted by Gasteiger charge is 2.40. The molecule has 1 aliphatic rings. The minimum absolute atomic E-state index is 0.242. The zero-order chi connectivity index (χ0) is 20.2. The van der Waals surface area contributed by atoms with Crippen LogP contribution in [0.15, 0.2) is 18.2 Å². The lowest BCUT2D eigenvalue weighted by Gasteiger charge is -2.37. The van der Waals surface area contributed by atoms with Crippen LogP contribution in [-0.4, -0.2) is 60.5 Å². The van der Waals surface area contributed by atoms with Crippen molar-refractivity contribution < 1.29 is 19.1 Å². The molecular weight excluding hydrogens is 346 g/mol. The summed E-state index contributed by atoms with van der Waals surface area (Å²) in [6.45, 7) is 10.8. The first-order valence-corrected chi connectivity index (χ1v) is 9.27. The van der Waals surface area contributed by atoms with Crippen LogP contribution in [0.3, 0.4) is 0 Å². The molecule has 0 unspecified atom stereocenters. The highest BCUT2D eigenvalue weighted by atomic mass is 16.6. The number of hydrogen-bond donors (Lipinski definition) is 1. The van der Waals surface area contributed by atoms with Crippen molar-refractivity contribution in [2.75, 3.05) is 38.1 Å². The van der Waals surface area contributed by atoms with Gasteiger partial charge < -0.3 is 19.9 Å². The van der Waals surface area contributed by atoms with E-state index >= 15 is 0 Å². The van der Waals surface area contributed by atoms with Crippen molar-refractivity contribution in [2.24, 2.45) is 5.41 Å². The molecule has 7 nitrogen and oxygen atoms in total. The fraction of sp³-hybridized carbons (Fsp3) is 0.550. The van der Waals surface area contributed by atoms with Crippen molar-refractivity contribution in [1.29, 1.82) is 0 Å². The van der Waals surface area contributed by atoms with Crippen LogP contribution in [0.5, 0.6) is 0 Å². The number of carbonyl (C=O) groups excluding carboxylic acids is 3. The number of carbonyl (C=O) groups is 3. The van der Waals surface area contributed by atoms with Gasteiger partial charge in [-0.05, 0) is 51.8 Å². The number of aryl methyl sites for hydroxylation is 1. The molecule has 1 saturated heterocycles. The van der Waals surface area contributed by atoms with Gasteiger partial charge in [0.1, 0.15) is 5.41 Å². The lowest BCUT2D eigenvalue weighted by molar-refractivity contribution is -0.147. The Morgan fingerprint density at radius 1 is 1.07 bits per heavy atom. The number of rotatable bonds is 4. The molecule has 1 aliphatic heterocycles. The summed E-state index contributed by atoms with van der Waals surface area (Å²) in [4.78, 5) is 40.7. The minimum atomic E-state index is -1.21. The smallest absolute Gasteiger partial charge is 0.409 e. The number of amides is 3. The predicted molar refractivity (Wildman–Crippen MR) is 104 cm³/mol. The predicted octanol–water partition coefficient (Wildman–Crippen LogP) is 2.57. The van der Waals surface area contributed by atoms with E-state index in [1.807, 2.05) is 32.0 Å².